The van der Waals surface area contributed by atoms with Crippen molar-refractivity contribution in [2.75, 3.05) is 6.54 Å². The van der Waals surface area contributed by atoms with Gasteiger partial charge >= 0.3 is 0 Å². The van der Waals surface area contributed by atoms with Crippen LogP contribution in [-0.2, 0) is 0 Å². The molecule has 2 atom stereocenters. The molecular weight excluding hydrogens is 136 g/mol. The first-order valence-electron chi connectivity index (χ1n) is 4.69. The predicted octanol–water partition coefficient (Wildman–Crippen LogP) is 1.11. The van der Waals surface area contributed by atoms with E-state index in [1.165, 1.54) is 19.3 Å². The van der Waals surface area contributed by atoms with Gasteiger partial charge in [0.1, 0.15) is 0 Å². The SMILES string of the molecule is CC(C)NCC1CCCC1N. The minimum atomic E-state index is 0.459. The first-order valence-corrected chi connectivity index (χ1v) is 4.69. The molecule has 1 fully saturated rings. The van der Waals surface area contributed by atoms with Crippen LogP contribution in [0, 0.1) is 5.92 Å². The normalized spacial score (nSPS) is 31.6. The number of nitrogens with two attached hydrogens (primary N) is 1. The Morgan fingerprint density at radius 3 is 2.64 bits per heavy atom. The Morgan fingerprint density at radius 1 is 1.45 bits per heavy atom. The summed E-state index contributed by atoms with van der Waals surface area (Å²) in [7, 11) is 0. The minimum absolute atomic E-state index is 0.459. The Kier molecular flexibility index (Phi) is 3.34. The van der Waals surface area contributed by atoms with Gasteiger partial charge in [0.2, 0.25) is 0 Å². The van der Waals surface area contributed by atoms with Gasteiger partial charge in [-0.25, -0.2) is 0 Å². The zero-order valence-electron chi connectivity index (χ0n) is 7.64. The molecule has 66 valence electrons. The summed E-state index contributed by atoms with van der Waals surface area (Å²) in [5, 5.41) is 3.44. The molecule has 0 aliphatic heterocycles. The van der Waals surface area contributed by atoms with Crippen molar-refractivity contribution in [3.8, 4) is 0 Å². The molecular formula is C9H20N2. The molecule has 0 aromatic carbocycles. The van der Waals surface area contributed by atoms with Gasteiger partial charge in [0.05, 0.1) is 0 Å². The van der Waals surface area contributed by atoms with E-state index in [1.807, 2.05) is 0 Å². The number of rotatable bonds is 3. The molecule has 2 nitrogen and oxygen atoms in total. The van der Waals surface area contributed by atoms with Gasteiger partial charge in [0.25, 0.3) is 0 Å². The van der Waals surface area contributed by atoms with E-state index in [-0.39, 0.29) is 0 Å². The van der Waals surface area contributed by atoms with Crippen LogP contribution in [0.1, 0.15) is 33.1 Å². The van der Waals surface area contributed by atoms with Gasteiger partial charge in [-0.2, -0.15) is 0 Å². The Labute approximate surface area is 69.5 Å². The smallest absolute Gasteiger partial charge is 0.00792 e. The lowest BCUT2D eigenvalue weighted by Gasteiger charge is -2.17. The van der Waals surface area contributed by atoms with Gasteiger partial charge in [-0.3, -0.25) is 0 Å². The van der Waals surface area contributed by atoms with Crippen LogP contribution in [0.5, 0.6) is 0 Å². The highest BCUT2D eigenvalue weighted by molar-refractivity contribution is 4.81. The first-order chi connectivity index (χ1) is 5.20. The van der Waals surface area contributed by atoms with Crippen LogP contribution in [0.3, 0.4) is 0 Å². The van der Waals surface area contributed by atoms with Gasteiger partial charge in [-0.05, 0) is 25.3 Å². The number of hydrogen-bond donors (Lipinski definition) is 2. The maximum Gasteiger partial charge on any atom is 0.00792 e. The van der Waals surface area contributed by atoms with Gasteiger partial charge < -0.3 is 11.1 Å². The van der Waals surface area contributed by atoms with E-state index in [4.69, 9.17) is 5.73 Å². The van der Waals surface area contributed by atoms with Crippen LogP contribution in [0.4, 0.5) is 0 Å². The van der Waals surface area contributed by atoms with Crippen molar-refractivity contribution in [2.45, 2.75) is 45.2 Å². The lowest BCUT2D eigenvalue weighted by molar-refractivity contribution is 0.421. The maximum absolute atomic E-state index is 5.93. The van der Waals surface area contributed by atoms with Crippen LogP contribution in [-0.4, -0.2) is 18.6 Å². The van der Waals surface area contributed by atoms with E-state index in [0.717, 1.165) is 12.5 Å². The summed E-state index contributed by atoms with van der Waals surface area (Å²) < 4.78 is 0. The van der Waals surface area contributed by atoms with Crippen molar-refractivity contribution in [2.24, 2.45) is 11.7 Å². The van der Waals surface area contributed by atoms with Gasteiger partial charge in [0, 0.05) is 12.1 Å². The summed E-state index contributed by atoms with van der Waals surface area (Å²) >= 11 is 0. The average molecular weight is 156 g/mol. The highest BCUT2D eigenvalue weighted by Crippen LogP contribution is 2.22. The third-order valence-corrected chi connectivity index (χ3v) is 2.51. The molecule has 1 rings (SSSR count). The highest BCUT2D eigenvalue weighted by atomic mass is 14.9. The summed E-state index contributed by atoms with van der Waals surface area (Å²) in [5.41, 5.74) is 5.93. The molecule has 0 spiro atoms. The maximum atomic E-state index is 5.93. The van der Waals surface area contributed by atoms with E-state index < -0.39 is 0 Å². The summed E-state index contributed by atoms with van der Waals surface area (Å²) in [6.45, 7) is 5.47. The molecule has 2 unspecified atom stereocenters. The summed E-state index contributed by atoms with van der Waals surface area (Å²) in [5.74, 6) is 0.734. The number of nitrogens with one attached hydrogen (secondary N) is 1. The number of hydrogen-bond acceptors (Lipinski definition) is 2. The molecule has 0 amide bonds. The van der Waals surface area contributed by atoms with Crippen molar-refractivity contribution in [3.63, 3.8) is 0 Å². The minimum Gasteiger partial charge on any atom is -0.327 e. The monoisotopic (exact) mass is 156 g/mol. The fraction of sp³-hybridized carbons (Fsp3) is 1.00. The van der Waals surface area contributed by atoms with Crippen LogP contribution < -0.4 is 11.1 Å². The van der Waals surface area contributed by atoms with Crippen molar-refractivity contribution >= 4 is 0 Å². The van der Waals surface area contributed by atoms with E-state index in [2.05, 4.69) is 19.2 Å². The van der Waals surface area contributed by atoms with E-state index >= 15 is 0 Å². The van der Waals surface area contributed by atoms with Crippen molar-refractivity contribution in [3.05, 3.63) is 0 Å². The second-order valence-electron chi connectivity index (χ2n) is 3.92. The lowest BCUT2D eigenvalue weighted by Crippen LogP contribution is -2.35. The molecule has 1 aliphatic rings. The second kappa shape index (κ2) is 4.07. The largest absolute Gasteiger partial charge is 0.327 e. The van der Waals surface area contributed by atoms with Crippen molar-refractivity contribution < 1.29 is 0 Å². The zero-order valence-corrected chi connectivity index (χ0v) is 7.64. The molecule has 0 heterocycles. The van der Waals surface area contributed by atoms with Crippen LogP contribution in [0.15, 0.2) is 0 Å². The Bertz CT molecular complexity index is 112. The summed E-state index contributed by atoms with van der Waals surface area (Å²) in [6, 6.07) is 1.06. The topological polar surface area (TPSA) is 38.0 Å². The fourth-order valence-corrected chi connectivity index (χ4v) is 1.71. The van der Waals surface area contributed by atoms with E-state index in [0.29, 0.717) is 12.1 Å². The van der Waals surface area contributed by atoms with Gasteiger partial charge in [-0.1, -0.05) is 20.3 Å². The quantitative estimate of drug-likeness (QED) is 0.642. The average Bonchev–Trinajstić information content (AvgIpc) is 2.31. The van der Waals surface area contributed by atoms with Gasteiger partial charge in [-0.15, -0.1) is 0 Å². The molecule has 0 saturated heterocycles. The molecule has 0 aromatic rings. The van der Waals surface area contributed by atoms with Crippen LogP contribution in [0.25, 0.3) is 0 Å². The lowest BCUT2D eigenvalue weighted by atomic mass is 10.0. The molecule has 0 bridgehead atoms. The Morgan fingerprint density at radius 2 is 2.18 bits per heavy atom. The third kappa shape index (κ3) is 2.80. The van der Waals surface area contributed by atoms with Crippen LogP contribution >= 0.6 is 0 Å². The van der Waals surface area contributed by atoms with Gasteiger partial charge in [0.15, 0.2) is 0 Å². The van der Waals surface area contributed by atoms with Crippen molar-refractivity contribution in [1.29, 1.82) is 0 Å². The Hall–Kier alpha value is -0.0800. The third-order valence-electron chi connectivity index (χ3n) is 2.51. The highest BCUT2D eigenvalue weighted by Gasteiger charge is 2.23. The standard InChI is InChI=1S/C9H20N2/c1-7(2)11-6-8-4-3-5-9(8)10/h7-9,11H,3-6,10H2,1-2H3. The molecule has 1 aliphatic carbocycles. The first kappa shape index (κ1) is 9.01. The van der Waals surface area contributed by atoms with Crippen LogP contribution in [0.2, 0.25) is 0 Å². The molecule has 0 aromatic heterocycles. The van der Waals surface area contributed by atoms with E-state index in [1.54, 1.807) is 0 Å². The predicted molar refractivity (Wildman–Crippen MR) is 48.5 cm³/mol. The summed E-state index contributed by atoms with van der Waals surface area (Å²) in [6.07, 6.45) is 3.87. The fourth-order valence-electron chi connectivity index (χ4n) is 1.71. The Balaban J connectivity index is 2.15. The molecule has 3 N–H and O–H groups in total. The zero-order chi connectivity index (χ0) is 8.27. The molecule has 1 saturated carbocycles. The van der Waals surface area contributed by atoms with E-state index in [9.17, 15) is 0 Å². The summed E-state index contributed by atoms with van der Waals surface area (Å²) in [4.78, 5) is 0. The second-order valence-corrected chi connectivity index (χ2v) is 3.92. The van der Waals surface area contributed by atoms with Crippen molar-refractivity contribution in [1.82, 2.24) is 5.32 Å². The molecule has 2 heteroatoms. The molecule has 11 heavy (non-hydrogen) atoms. The molecule has 0 radical (unpaired) electrons.